The molecule has 0 spiro atoms. The minimum Gasteiger partial charge on any atom is -0.473 e. The summed E-state index contributed by atoms with van der Waals surface area (Å²) < 4.78 is 27.0. The number of amides is 2. The average Bonchev–Trinajstić information content (AvgIpc) is 2.97. The third-order valence-electron chi connectivity index (χ3n) is 3.77. The Kier molecular flexibility index (Phi) is 9.32. The van der Waals surface area contributed by atoms with Gasteiger partial charge in [-0.15, -0.1) is 0 Å². The molecule has 0 fully saturated rings. The molecule has 1 atom stereocenters. The molecule has 11 heteroatoms. The van der Waals surface area contributed by atoms with Crippen molar-refractivity contribution in [3.8, 4) is 11.9 Å². The molecule has 0 radical (unpaired) electrons. The van der Waals surface area contributed by atoms with Crippen molar-refractivity contribution in [3.63, 3.8) is 0 Å². The van der Waals surface area contributed by atoms with Gasteiger partial charge in [0, 0.05) is 6.42 Å². The number of esters is 1. The lowest BCUT2D eigenvalue weighted by Gasteiger charge is -2.33. The highest BCUT2D eigenvalue weighted by atomic mass is 16.6. The molecule has 1 aromatic rings. The standard InChI is InChI=1S/C24H37N3O8/c1-14(2)31-18-15(17(13-25)35-26-18)12-16(19(28)32-22(3,4)5)27(20(29)33-23(6,7)8)21(30)34-24(9,10)11/h14,16H,12H2,1-11H3. The molecule has 1 rings (SSSR count). The summed E-state index contributed by atoms with van der Waals surface area (Å²) >= 11 is 0. The van der Waals surface area contributed by atoms with Crippen molar-refractivity contribution in [2.75, 3.05) is 0 Å². The first-order valence-electron chi connectivity index (χ1n) is 11.3. The molecule has 196 valence electrons. The summed E-state index contributed by atoms with van der Waals surface area (Å²) in [6, 6.07) is 0.260. The molecule has 0 aliphatic carbocycles. The number of nitrogens with zero attached hydrogens (tertiary/aromatic N) is 3. The SMILES string of the molecule is CC(C)Oc1noc(C#N)c1CC(C(=O)OC(C)(C)C)N(C(=O)OC(C)(C)C)C(=O)OC(C)(C)C. The minimum atomic E-state index is -1.58. The molecule has 0 saturated heterocycles. The number of rotatable bonds is 6. The van der Waals surface area contributed by atoms with Crippen LogP contribution in [0.5, 0.6) is 5.88 Å². The van der Waals surface area contributed by atoms with Crippen LogP contribution in [-0.2, 0) is 25.4 Å². The maximum absolute atomic E-state index is 13.3. The first kappa shape index (κ1) is 29.7. The molecule has 0 aliphatic heterocycles. The maximum Gasteiger partial charge on any atom is 0.420 e. The van der Waals surface area contributed by atoms with Gasteiger partial charge >= 0.3 is 18.2 Å². The molecule has 0 aliphatic rings. The van der Waals surface area contributed by atoms with Crippen molar-refractivity contribution in [2.45, 2.75) is 112 Å². The van der Waals surface area contributed by atoms with Crippen molar-refractivity contribution in [1.82, 2.24) is 10.1 Å². The molecule has 0 aromatic carbocycles. The second kappa shape index (κ2) is 11.0. The van der Waals surface area contributed by atoms with E-state index in [2.05, 4.69) is 5.16 Å². The Labute approximate surface area is 206 Å². The monoisotopic (exact) mass is 495 g/mol. The Bertz CT molecular complexity index is 927. The number of nitriles is 1. The number of ether oxygens (including phenoxy) is 4. The molecule has 0 N–H and O–H groups in total. The van der Waals surface area contributed by atoms with Crippen LogP contribution in [0.15, 0.2) is 4.52 Å². The topological polar surface area (TPSA) is 141 Å². The molecule has 0 bridgehead atoms. The van der Waals surface area contributed by atoms with Crippen molar-refractivity contribution >= 4 is 18.2 Å². The van der Waals surface area contributed by atoms with E-state index < -0.39 is 41.0 Å². The van der Waals surface area contributed by atoms with Gasteiger partial charge in [-0.1, -0.05) is 0 Å². The Hall–Kier alpha value is -3.29. The normalized spacial score (nSPS) is 13.0. The summed E-state index contributed by atoms with van der Waals surface area (Å²) in [6.07, 6.45) is -2.96. The van der Waals surface area contributed by atoms with Crippen molar-refractivity contribution in [1.29, 1.82) is 5.26 Å². The largest absolute Gasteiger partial charge is 0.473 e. The van der Waals surface area contributed by atoms with Crippen molar-refractivity contribution in [2.24, 2.45) is 0 Å². The van der Waals surface area contributed by atoms with E-state index in [4.69, 9.17) is 23.5 Å². The van der Waals surface area contributed by atoms with Gasteiger partial charge in [-0.2, -0.15) is 10.2 Å². The highest BCUT2D eigenvalue weighted by Gasteiger charge is 2.43. The minimum absolute atomic E-state index is 0.0431. The second-order valence-electron chi connectivity index (χ2n) is 11.2. The van der Waals surface area contributed by atoms with Gasteiger partial charge in [0.05, 0.1) is 11.7 Å². The zero-order chi connectivity index (χ0) is 27.4. The van der Waals surface area contributed by atoms with E-state index in [0.717, 1.165) is 0 Å². The van der Waals surface area contributed by atoms with E-state index >= 15 is 0 Å². The molecule has 1 heterocycles. The summed E-state index contributed by atoms with van der Waals surface area (Å²) in [5.74, 6) is -1.20. The van der Waals surface area contributed by atoms with Crippen LogP contribution in [0.1, 0.15) is 87.5 Å². The van der Waals surface area contributed by atoms with Crippen molar-refractivity contribution in [3.05, 3.63) is 11.3 Å². The average molecular weight is 496 g/mol. The van der Waals surface area contributed by atoms with Crippen molar-refractivity contribution < 1.29 is 37.9 Å². The molecule has 0 saturated carbocycles. The van der Waals surface area contributed by atoms with E-state index in [0.29, 0.717) is 4.90 Å². The molecular weight excluding hydrogens is 458 g/mol. The summed E-state index contributed by atoms with van der Waals surface area (Å²) in [4.78, 5) is 40.3. The molecule has 2 amide bonds. The van der Waals surface area contributed by atoms with Gasteiger partial charge in [-0.05, 0) is 81.3 Å². The lowest BCUT2D eigenvalue weighted by atomic mass is 10.0. The van der Waals surface area contributed by atoms with E-state index in [1.54, 1.807) is 76.2 Å². The first-order valence-corrected chi connectivity index (χ1v) is 11.3. The van der Waals surface area contributed by atoms with Gasteiger partial charge in [0.15, 0.2) is 0 Å². The van der Waals surface area contributed by atoms with Crippen LogP contribution < -0.4 is 4.74 Å². The first-order chi connectivity index (χ1) is 15.7. The number of imide groups is 1. The van der Waals surface area contributed by atoms with Crippen LogP contribution in [0.3, 0.4) is 0 Å². The third kappa shape index (κ3) is 9.84. The smallest absolute Gasteiger partial charge is 0.420 e. The molecule has 1 aromatic heterocycles. The van der Waals surface area contributed by atoms with Gasteiger partial charge in [0.2, 0.25) is 5.76 Å². The Morgan fingerprint density at radius 2 is 1.37 bits per heavy atom. The molecule has 1 unspecified atom stereocenters. The van der Waals surface area contributed by atoms with E-state index in [-0.39, 0.29) is 29.7 Å². The summed E-state index contributed by atoms with van der Waals surface area (Å²) in [5, 5.41) is 13.3. The van der Waals surface area contributed by atoms with E-state index in [1.165, 1.54) is 0 Å². The van der Waals surface area contributed by atoms with Gasteiger partial charge in [-0.3, -0.25) is 0 Å². The fourth-order valence-electron chi connectivity index (χ4n) is 2.67. The summed E-state index contributed by atoms with van der Waals surface area (Å²) in [6.45, 7) is 18.1. The fraction of sp³-hybridized carbons (Fsp3) is 0.708. The fourth-order valence-corrected chi connectivity index (χ4v) is 2.67. The van der Waals surface area contributed by atoms with E-state index in [9.17, 15) is 19.6 Å². The highest BCUT2D eigenvalue weighted by molar-refractivity contribution is 5.94. The van der Waals surface area contributed by atoms with Gasteiger partial charge in [0.25, 0.3) is 5.88 Å². The van der Waals surface area contributed by atoms with Crippen LogP contribution in [0.25, 0.3) is 0 Å². The van der Waals surface area contributed by atoms with Crippen LogP contribution in [-0.4, -0.2) is 57.2 Å². The molecule has 11 nitrogen and oxygen atoms in total. The van der Waals surface area contributed by atoms with Crippen LogP contribution in [0, 0.1) is 11.3 Å². The highest BCUT2D eigenvalue weighted by Crippen LogP contribution is 2.28. The third-order valence-corrected chi connectivity index (χ3v) is 3.77. The Morgan fingerprint density at radius 1 is 0.914 bits per heavy atom. The predicted octanol–water partition coefficient (Wildman–Crippen LogP) is 4.76. The quantitative estimate of drug-likeness (QED) is 0.400. The zero-order valence-corrected chi connectivity index (χ0v) is 22.5. The Morgan fingerprint density at radius 3 is 1.74 bits per heavy atom. The lowest BCUT2D eigenvalue weighted by molar-refractivity contribution is -0.161. The van der Waals surface area contributed by atoms with Gasteiger partial charge < -0.3 is 23.5 Å². The molecule has 35 heavy (non-hydrogen) atoms. The second-order valence-corrected chi connectivity index (χ2v) is 11.2. The van der Waals surface area contributed by atoms with E-state index in [1.807, 2.05) is 6.07 Å². The number of carbonyl (C=O) groups is 3. The number of carbonyl (C=O) groups excluding carboxylic acids is 3. The maximum atomic E-state index is 13.3. The Balaban J connectivity index is 3.67. The van der Waals surface area contributed by atoms with Crippen LogP contribution in [0.4, 0.5) is 9.59 Å². The molecular formula is C24H37N3O8. The predicted molar refractivity (Wildman–Crippen MR) is 125 cm³/mol. The number of aromatic nitrogens is 1. The van der Waals surface area contributed by atoms with Gasteiger partial charge in [-0.25, -0.2) is 14.4 Å². The van der Waals surface area contributed by atoms with Gasteiger partial charge in [0.1, 0.15) is 28.9 Å². The van der Waals surface area contributed by atoms with Crippen LogP contribution in [0.2, 0.25) is 0 Å². The number of hydrogen-bond acceptors (Lipinski definition) is 10. The van der Waals surface area contributed by atoms with Crippen LogP contribution >= 0.6 is 0 Å². The lowest BCUT2D eigenvalue weighted by Crippen LogP contribution is -2.54. The summed E-state index contributed by atoms with van der Waals surface area (Å²) in [5.41, 5.74) is -2.84. The zero-order valence-electron chi connectivity index (χ0n) is 22.5. The number of hydrogen-bond donors (Lipinski definition) is 0. The summed E-state index contributed by atoms with van der Waals surface area (Å²) in [7, 11) is 0.